The van der Waals surface area contributed by atoms with Crippen molar-refractivity contribution in [1.29, 1.82) is 0 Å². The SMILES string of the molecule is CC1(C)CC(NC2CCSCC2)C1. The average Bonchev–Trinajstić information content (AvgIpc) is 2.03. The summed E-state index contributed by atoms with van der Waals surface area (Å²) in [7, 11) is 0. The molecule has 1 aliphatic heterocycles. The minimum absolute atomic E-state index is 0.626. The molecule has 1 aliphatic carbocycles. The van der Waals surface area contributed by atoms with Crippen LogP contribution in [0, 0.1) is 5.41 Å². The summed E-state index contributed by atoms with van der Waals surface area (Å²) in [5.41, 5.74) is 0.626. The number of rotatable bonds is 2. The van der Waals surface area contributed by atoms with Crippen LogP contribution in [-0.4, -0.2) is 23.6 Å². The van der Waals surface area contributed by atoms with Gasteiger partial charge in [-0.1, -0.05) is 13.8 Å². The molecule has 2 fully saturated rings. The Morgan fingerprint density at radius 3 is 2.23 bits per heavy atom. The van der Waals surface area contributed by atoms with Gasteiger partial charge in [-0.25, -0.2) is 0 Å². The van der Waals surface area contributed by atoms with E-state index in [4.69, 9.17) is 0 Å². The maximum Gasteiger partial charge on any atom is 0.00853 e. The van der Waals surface area contributed by atoms with E-state index in [-0.39, 0.29) is 0 Å². The first-order chi connectivity index (χ1) is 6.16. The Morgan fingerprint density at radius 2 is 1.69 bits per heavy atom. The second kappa shape index (κ2) is 3.82. The van der Waals surface area contributed by atoms with Crippen molar-refractivity contribution >= 4 is 11.8 Å². The molecule has 76 valence electrons. The topological polar surface area (TPSA) is 12.0 Å². The lowest BCUT2D eigenvalue weighted by atomic mass is 9.68. The van der Waals surface area contributed by atoms with Gasteiger partial charge in [0.15, 0.2) is 0 Å². The minimum atomic E-state index is 0.626. The van der Waals surface area contributed by atoms with Gasteiger partial charge in [-0.2, -0.15) is 11.8 Å². The molecular weight excluding hydrogens is 178 g/mol. The number of nitrogens with one attached hydrogen (secondary N) is 1. The van der Waals surface area contributed by atoms with Gasteiger partial charge < -0.3 is 5.32 Å². The highest BCUT2D eigenvalue weighted by Crippen LogP contribution is 2.40. The van der Waals surface area contributed by atoms with Crippen LogP contribution in [0.15, 0.2) is 0 Å². The smallest absolute Gasteiger partial charge is 0.00853 e. The molecule has 2 heteroatoms. The van der Waals surface area contributed by atoms with Crippen molar-refractivity contribution in [3.05, 3.63) is 0 Å². The van der Waals surface area contributed by atoms with Crippen molar-refractivity contribution in [2.75, 3.05) is 11.5 Å². The summed E-state index contributed by atoms with van der Waals surface area (Å²) in [6.07, 6.45) is 5.55. The second-order valence-electron chi connectivity index (χ2n) is 5.32. The lowest BCUT2D eigenvalue weighted by Gasteiger charge is -2.45. The first-order valence-electron chi connectivity index (χ1n) is 5.49. The van der Waals surface area contributed by atoms with Gasteiger partial charge in [0, 0.05) is 12.1 Å². The van der Waals surface area contributed by atoms with Crippen molar-refractivity contribution in [2.24, 2.45) is 5.41 Å². The second-order valence-corrected chi connectivity index (χ2v) is 6.55. The van der Waals surface area contributed by atoms with E-state index < -0.39 is 0 Å². The van der Waals surface area contributed by atoms with Crippen LogP contribution in [0.4, 0.5) is 0 Å². The zero-order valence-electron chi connectivity index (χ0n) is 8.81. The Balaban J connectivity index is 1.68. The van der Waals surface area contributed by atoms with Crippen molar-refractivity contribution in [2.45, 2.75) is 51.6 Å². The Morgan fingerprint density at radius 1 is 1.08 bits per heavy atom. The fourth-order valence-electron chi connectivity index (χ4n) is 2.59. The average molecular weight is 199 g/mol. The molecule has 13 heavy (non-hydrogen) atoms. The summed E-state index contributed by atoms with van der Waals surface area (Å²) in [6.45, 7) is 4.75. The summed E-state index contributed by atoms with van der Waals surface area (Å²) in [4.78, 5) is 0. The molecule has 2 rings (SSSR count). The van der Waals surface area contributed by atoms with Crippen molar-refractivity contribution < 1.29 is 0 Å². The maximum atomic E-state index is 3.80. The Labute approximate surface area is 86.0 Å². The monoisotopic (exact) mass is 199 g/mol. The summed E-state index contributed by atoms with van der Waals surface area (Å²) < 4.78 is 0. The van der Waals surface area contributed by atoms with E-state index in [9.17, 15) is 0 Å². The lowest BCUT2D eigenvalue weighted by molar-refractivity contribution is 0.115. The van der Waals surface area contributed by atoms with Crippen LogP contribution in [0.1, 0.15) is 39.5 Å². The van der Waals surface area contributed by atoms with Crippen molar-refractivity contribution in [1.82, 2.24) is 5.32 Å². The van der Waals surface area contributed by atoms with E-state index >= 15 is 0 Å². The van der Waals surface area contributed by atoms with E-state index in [0.29, 0.717) is 5.41 Å². The molecule has 0 spiro atoms. The lowest BCUT2D eigenvalue weighted by Crippen LogP contribution is -2.50. The van der Waals surface area contributed by atoms with Gasteiger partial charge in [0.05, 0.1) is 0 Å². The fourth-order valence-corrected chi connectivity index (χ4v) is 3.70. The molecule has 0 unspecified atom stereocenters. The molecule has 0 bridgehead atoms. The fraction of sp³-hybridized carbons (Fsp3) is 1.00. The predicted molar refractivity (Wildman–Crippen MR) is 60.3 cm³/mol. The summed E-state index contributed by atoms with van der Waals surface area (Å²) in [5, 5.41) is 3.80. The molecule has 0 amide bonds. The molecule has 0 radical (unpaired) electrons. The number of hydrogen-bond acceptors (Lipinski definition) is 2. The molecule has 1 N–H and O–H groups in total. The highest BCUT2D eigenvalue weighted by molar-refractivity contribution is 7.99. The first-order valence-corrected chi connectivity index (χ1v) is 6.65. The maximum absolute atomic E-state index is 3.80. The third kappa shape index (κ3) is 2.63. The molecule has 0 aromatic rings. The minimum Gasteiger partial charge on any atom is -0.311 e. The van der Waals surface area contributed by atoms with E-state index in [2.05, 4.69) is 30.9 Å². The molecule has 1 saturated heterocycles. The third-order valence-corrected chi connectivity index (χ3v) is 4.34. The molecule has 1 saturated carbocycles. The molecule has 0 atom stereocenters. The summed E-state index contributed by atoms with van der Waals surface area (Å²) in [6, 6.07) is 1.67. The Bertz CT molecular complexity index is 165. The van der Waals surface area contributed by atoms with Crippen LogP contribution >= 0.6 is 11.8 Å². The zero-order valence-corrected chi connectivity index (χ0v) is 9.62. The number of thioether (sulfide) groups is 1. The first kappa shape index (κ1) is 9.85. The standard InChI is InChI=1S/C11H21NS/c1-11(2)7-10(8-11)12-9-3-5-13-6-4-9/h9-10,12H,3-8H2,1-2H3. The molecule has 1 nitrogen and oxygen atoms in total. The van der Waals surface area contributed by atoms with Crippen LogP contribution in [0.5, 0.6) is 0 Å². The van der Waals surface area contributed by atoms with Gasteiger partial charge in [0.1, 0.15) is 0 Å². The van der Waals surface area contributed by atoms with Crippen LogP contribution in [0.25, 0.3) is 0 Å². The normalized spacial score (nSPS) is 30.0. The van der Waals surface area contributed by atoms with Crippen molar-refractivity contribution in [3.8, 4) is 0 Å². The quantitative estimate of drug-likeness (QED) is 0.734. The van der Waals surface area contributed by atoms with Crippen molar-refractivity contribution in [3.63, 3.8) is 0 Å². The largest absolute Gasteiger partial charge is 0.311 e. The molecule has 1 heterocycles. The van der Waals surface area contributed by atoms with Gasteiger partial charge in [0.25, 0.3) is 0 Å². The van der Waals surface area contributed by atoms with Gasteiger partial charge >= 0.3 is 0 Å². The third-order valence-electron chi connectivity index (χ3n) is 3.29. The molecule has 0 aromatic carbocycles. The van der Waals surface area contributed by atoms with Crippen LogP contribution in [-0.2, 0) is 0 Å². The van der Waals surface area contributed by atoms with E-state index in [0.717, 1.165) is 12.1 Å². The van der Waals surface area contributed by atoms with Crippen LogP contribution in [0.3, 0.4) is 0 Å². The molecular formula is C11H21NS. The zero-order chi connectivity index (χ0) is 9.31. The van der Waals surface area contributed by atoms with Gasteiger partial charge in [-0.05, 0) is 42.6 Å². The van der Waals surface area contributed by atoms with Crippen LogP contribution < -0.4 is 5.32 Å². The molecule has 0 aromatic heterocycles. The number of hydrogen-bond donors (Lipinski definition) is 1. The Kier molecular flexibility index (Phi) is 2.89. The summed E-state index contributed by atoms with van der Waals surface area (Å²) in [5.74, 6) is 2.74. The van der Waals surface area contributed by atoms with Gasteiger partial charge in [-0.3, -0.25) is 0 Å². The van der Waals surface area contributed by atoms with E-state index in [1.807, 2.05) is 0 Å². The molecule has 2 aliphatic rings. The van der Waals surface area contributed by atoms with Gasteiger partial charge in [0.2, 0.25) is 0 Å². The van der Waals surface area contributed by atoms with E-state index in [1.54, 1.807) is 0 Å². The predicted octanol–water partition coefficient (Wildman–Crippen LogP) is 2.66. The van der Waals surface area contributed by atoms with E-state index in [1.165, 1.54) is 37.2 Å². The van der Waals surface area contributed by atoms with Crippen LogP contribution in [0.2, 0.25) is 0 Å². The Hall–Kier alpha value is 0.310. The van der Waals surface area contributed by atoms with Gasteiger partial charge in [-0.15, -0.1) is 0 Å². The highest BCUT2D eigenvalue weighted by atomic mass is 32.2. The summed E-state index contributed by atoms with van der Waals surface area (Å²) >= 11 is 2.11. The highest BCUT2D eigenvalue weighted by Gasteiger charge is 2.36.